The van der Waals surface area contributed by atoms with Crippen molar-refractivity contribution in [2.24, 2.45) is 5.92 Å². The summed E-state index contributed by atoms with van der Waals surface area (Å²) in [4.78, 5) is 0. The molecule has 1 heterocycles. The van der Waals surface area contributed by atoms with Gasteiger partial charge in [0.2, 0.25) is 0 Å². The molecule has 1 aromatic carbocycles. The predicted octanol–water partition coefficient (Wildman–Crippen LogP) is 2.52. The third kappa shape index (κ3) is 3.52. The molecule has 3 heteroatoms. The number of nitrogens with one attached hydrogen (secondary N) is 1. The van der Waals surface area contributed by atoms with Crippen molar-refractivity contribution in [2.45, 2.75) is 19.3 Å². The Morgan fingerprint density at radius 1 is 1.31 bits per heavy atom. The van der Waals surface area contributed by atoms with Crippen molar-refractivity contribution in [3.8, 4) is 6.07 Å². The SMILES string of the molecule is Cl.N#Cc1ccc(CC2CCCNC2)cc1. The van der Waals surface area contributed by atoms with Crippen LogP contribution in [0.25, 0.3) is 0 Å². The van der Waals surface area contributed by atoms with Gasteiger partial charge < -0.3 is 5.32 Å². The second-order valence-corrected chi connectivity index (χ2v) is 4.23. The molecular formula is C13H17ClN2. The van der Waals surface area contributed by atoms with Crippen molar-refractivity contribution < 1.29 is 0 Å². The highest BCUT2D eigenvalue weighted by Gasteiger charge is 2.12. The standard InChI is InChI=1S/C13H16N2.ClH/c14-9-12-5-3-11(4-6-12)8-13-2-1-7-15-10-13;/h3-6,13,15H,1-2,7-8,10H2;1H. The molecule has 86 valence electrons. The van der Waals surface area contributed by atoms with E-state index in [1.165, 1.54) is 24.9 Å². The van der Waals surface area contributed by atoms with Gasteiger partial charge in [0.25, 0.3) is 0 Å². The van der Waals surface area contributed by atoms with E-state index in [4.69, 9.17) is 5.26 Å². The number of halogens is 1. The highest BCUT2D eigenvalue weighted by molar-refractivity contribution is 5.85. The molecule has 0 amide bonds. The molecule has 1 aliphatic rings. The lowest BCUT2D eigenvalue weighted by atomic mass is 9.92. The van der Waals surface area contributed by atoms with Crippen LogP contribution < -0.4 is 5.32 Å². The van der Waals surface area contributed by atoms with Gasteiger partial charge in [-0.25, -0.2) is 0 Å². The molecule has 2 rings (SSSR count). The summed E-state index contributed by atoms with van der Waals surface area (Å²) in [5.74, 6) is 0.770. The van der Waals surface area contributed by atoms with E-state index >= 15 is 0 Å². The lowest BCUT2D eigenvalue weighted by Crippen LogP contribution is -2.30. The van der Waals surface area contributed by atoms with Crippen LogP contribution in [0.3, 0.4) is 0 Å². The average molecular weight is 237 g/mol. The first kappa shape index (κ1) is 13.0. The van der Waals surface area contributed by atoms with E-state index in [1.54, 1.807) is 0 Å². The number of hydrogen-bond acceptors (Lipinski definition) is 2. The largest absolute Gasteiger partial charge is 0.316 e. The van der Waals surface area contributed by atoms with Gasteiger partial charge in [-0.3, -0.25) is 0 Å². The molecule has 0 spiro atoms. The molecule has 1 unspecified atom stereocenters. The molecule has 1 saturated heterocycles. The van der Waals surface area contributed by atoms with E-state index in [2.05, 4.69) is 23.5 Å². The van der Waals surface area contributed by atoms with Crippen LogP contribution >= 0.6 is 12.4 Å². The van der Waals surface area contributed by atoms with Crippen molar-refractivity contribution in [1.82, 2.24) is 5.32 Å². The molecule has 16 heavy (non-hydrogen) atoms. The number of nitriles is 1. The van der Waals surface area contributed by atoms with E-state index in [9.17, 15) is 0 Å². The Kier molecular flexibility index (Phi) is 5.31. The third-order valence-electron chi connectivity index (χ3n) is 3.01. The zero-order valence-corrected chi connectivity index (χ0v) is 10.1. The van der Waals surface area contributed by atoms with E-state index in [0.717, 1.165) is 24.4 Å². The summed E-state index contributed by atoms with van der Waals surface area (Å²) in [7, 11) is 0. The maximum Gasteiger partial charge on any atom is 0.0991 e. The third-order valence-corrected chi connectivity index (χ3v) is 3.01. The summed E-state index contributed by atoms with van der Waals surface area (Å²) in [6.07, 6.45) is 3.76. The molecule has 1 N–H and O–H groups in total. The van der Waals surface area contributed by atoms with Gasteiger partial charge in [-0.2, -0.15) is 5.26 Å². The number of hydrogen-bond donors (Lipinski definition) is 1. The predicted molar refractivity (Wildman–Crippen MR) is 67.7 cm³/mol. The zero-order valence-electron chi connectivity index (χ0n) is 9.28. The first-order valence-corrected chi connectivity index (χ1v) is 5.58. The molecule has 1 aromatic rings. The summed E-state index contributed by atoms with van der Waals surface area (Å²) >= 11 is 0. The summed E-state index contributed by atoms with van der Waals surface area (Å²) in [6, 6.07) is 10.1. The van der Waals surface area contributed by atoms with Gasteiger partial charge in [0.1, 0.15) is 0 Å². The highest BCUT2D eigenvalue weighted by atomic mass is 35.5. The van der Waals surface area contributed by atoms with Crippen LogP contribution in [0.2, 0.25) is 0 Å². The molecule has 1 atom stereocenters. The van der Waals surface area contributed by atoms with Gasteiger partial charge in [0.05, 0.1) is 11.6 Å². The molecule has 1 aliphatic heterocycles. The Hall–Kier alpha value is -1.04. The monoisotopic (exact) mass is 236 g/mol. The van der Waals surface area contributed by atoms with Crippen LogP contribution in [0, 0.1) is 17.2 Å². The Morgan fingerprint density at radius 3 is 2.62 bits per heavy atom. The van der Waals surface area contributed by atoms with Crippen LogP contribution in [0.4, 0.5) is 0 Å². The van der Waals surface area contributed by atoms with E-state index in [0.29, 0.717) is 0 Å². The van der Waals surface area contributed by atoms with Crippen LogP contribution in [0.1, 0.15) is 24.0 Å². The minimum Gasteiger partial charge on any atom is -0.316 e. The second kappa shape index (κ2) is 6.52. The number of nitrogens with zero attached hydrogens (tertiary/aromatic N) is 1. The van der Waals surface area contributed by atoms with Crippen LogP contribution in [0.5, 0.6) is 0 Å². The molecule has 0 saturated carbocycles. The topological polar surface area (TPSA) is 35.8 Å². The Labute approximate surface area is 103 Å². The first-order chi connectivity index (χ1) is 7.38. The molecule has 1 fully saturated rings. The lowest BCUT2D eigenvalue weighted by Gasteiger charge is -2.22. The Balaban J connectivity index is 0.00000128. The van der Waals surface area contributed by atoms with Crippen molar-refractivity contribution in [3.63, 3.8) is 0 Å². The van der Waals surface area contributed by atoms with E-state index < -0.39 is 0 Å². The maximum absolute atomic E-state index is 8.69. The molecule has 0 aromatic heterocycles. The normalized spacial score (nSPS) is 19.6. The zero-order chi connectivity index (χ0) is 10.5. The summed E-state index contributed by atoms with van der Waals surface area (Å²) < 4.78 is 0. The maximum atomic E-state index is 8.69. The fourth-order valence-corrected chi connectivity index (χ4v) is 2.15. The van der Waals surface area contributed by atoms with Crippen LogP contribution in [-0.2, 0) is 6.42 Å². The van der Waals surface area contributed by atoms with Crippen molar-refractivity contribution >= 4 is 12.4 Å². The van der Waals surface area contributed by atoms with Gasteiger partial charge in [-0.1, -0.05) is 12.1 Å². The lowest BCUT2D eigenvalue weighted by molar-refractivity contribution is 0.376. The van der Waals surface area contributed by atoms with E-state index in [1.807, 2.05) is 12.1 Å². The first-order valence-electron chi connectivity index (χ1n) is 5.58. The van der Waals surface area contributed by atoms with Crippen molar-refractivity contribution in [1.29, 1.82) is 5.26 Å². The summed E-state index contributed by atoms with van der Waals surface area (Å²) in [6.45, 7) is 2.31. The average Bonchev–Trinajstić information content (AvgIpc) is 2.31. The fraction of sp³-hybridized carbons (Fsp3) is 0.462. The molecular weight excluding hydrogens is 220 g/mol. The quantitative estimate of drug-likeness (QED) is 0.857. The number of benzene rings is 1. The van der Waals surface area contributed by atoms with Crippen LogP contribution in [0.15, 0.2) is 24.3 Å². The number of piperidine rings is 1. The van der Waals surface area contributed by atoms with Crippen molar-refractivity contribution in [3.05, 3.63) is 35.4 Å². The van der Waals surface area contributed by atoms with Crippen LogP contribution in [-0.4, -0.2) is 13.1 Å². The minimum absolute atomic E-state index is 0. The Morgan fingerprint density at radius 2 is 2.06 bits per heavy atom. The fourth-order valence-electron chi connectivity index (χ4n) is 2.15. The van der Waals surface area contributed by atoms with Gasteiger partial charge in [-0.15, -0.1) is 12.4 Å². The molecule has 0 aliphatic carbocycles. The van der Waals surface area contributed by atoms with Gasteiger partial charge >= 0.3 is 0 Å². The van der Waals surface area contributed by atoms with Gasteiger partial charge in [-0.05, 0) is 56.0 Å². The smallest absolute Gasteiger partial charge is 0.0991 e. The Bertz CT molecular complexity index is 347. The van der Waals surface area contributed by atoms with Crippen molar-refractivity contribution in [2.75, 3.05) is 13.1 Å². The summed E-state index contributed by atoms with van der Waals surface area (Å²) in [5.41, 5.74) is 2.10. The highest BCUT2D eigenvalue weighted by Crippen LogP contribution is 2.16. The molecule has 2 nitrogen and oxygen atoms in total. The van der Waals surface area contributed by atoms with Gasteiger partial charge in [0.15, 0.2) is 0 Å². The second-order valence-electron chi connectivity index (χ2n) is 4.23. The minimum atomic E-state index is 0. The molecule has 0 radical (unpaired) electrons. The number of rotatable bonds is 2. The van der Waals surface area contributed by atoms with E-state index in [-0.39, 0.29) is 12.4 Å². The van der Waals surface area contributed by atoms with Gasteiger partial charge in [0, 0.05) is 0 Å². The molecule has 0 bridgehead atoms. The summed E-state index contributed by atoms with van der Waals surface area (Å²) in [5, 5.41) is 12.1.